The van der Waals surface area contributed by atoms with Gasteiger partial charge in [-0.25, -0.2) is 0 Å². The van der Waals surface area contributed by atoms with Crippen LogP contribution in [0.3, 0.4) is 0 Å². The summed E-state index contributed by atoms with van der Waals surface area (Å²) in [6, 6.07) is 0. The van der Waals surface area contributed by atoms with Gasteiger partial charge in [-0.05, 0) is 19.8 Å². The molecule has 0 aromatic rings. The summed E-state index contributed by atoms with van der Waals surface area (Å²) in [4.78, 5) is 0. The van der Waals surface area contributed by atoms with Gasteiger partial charge >= 0.3 is 0 Å². The van der Waals surface area contributed by atoms with Crippen LogP contribution in [0, 0.1) is 5.92 Å². The summed E-state index contributed by atoms with van der Waals surface area (Å²) < 4.78 is 0. The Morgan fingerprint density at radius 3 is 1.80 bits per heavy atom. The first-order valence-electron chi connectivity index (χ1n) is 4.07. The Balaban J connectivity index is 0.000000371. The van der Waals surface area contributed by atoms with Crippen molar-refractivity contribution in [2.45, 2.75) is 34.6 Å². The number of allylic oxidation sites excluding steroid dienone is 4. The first kappa shape index (κ1) is 9.48. The van der Waals surface area contributed by atoms with Crippen LogP contribution >= 0.6 is 0 Å². The lowest BCUT2D eigenvalue weighted by Gasteiger charge is -1.99. The SMILES string of the molecule is CC.CC1=C(C)C(C)C=C1. The van der Waals surface area contributed by atoms with Crippen LogP contribution in [0.1, 0.15) is 34.6 Å². The molecule has 0 radical (unpaired) electrons. The zero-order chi connectivity index (χ0) is 8.15. The monoisotopic (exact) mass is 138 g/mol. The number of rotatable bonds is 0. The van der Waals surface area contributed by atoms with Crippen molar-refractivity contribution in [2.75, 3.05) is 0 Å². The molecule has 58 valence electrons. The van der Waals surface area contributed by atoms with Crippen LogP contribution < -0.4 is 0 Å². The zero-order valence-corrected chi connectivity index (χ0v) is 7.73. The van der Waals surface area contributed by atoms with E-state index in [1.54, 1.807) is 0 Å². The quantitative estimate of drug-likeness (QED) is 0.480. The summed E-state index contributed by atoms with van der Waals surface area (Å²) in [6.45, 7) is 10.6. The molecule has 1 atom stereocenters. The highest BCUT2D eigenvalue weighted by Crippen LogP contribution is 2.22. The van der Waals surface area contributed by atoms with Gasteiger partial charge in [-0.3, -0.25) is 0 Å². The average molecular weight is 138 g/mol. The lowest BCUT2D eigenvalue weighted by Crippen LogP contribution is -1.85. The van der Waals surface area contributed by atoms with E-state index in [9.17, 15) is 0 Å². The van der Waals surface area contributed by atoms with Gasteiger partial charge in [-0.2, -0.15) is 0 Å². The topological polar surface area (TPSA) is 0 Å². The third-order valence-electron chi connectivity index (χ3n) is 1.94. The van der Waals surface area contributed by atoms with Gasteiger partial charge in [0.15, 0.2) is 0 Å². The average Bonchev–Trinajstić information content (AvgIpc) is 2.25. The maximum Gasteiger partial charge on any atom is -0.00455 e. The maximum absolute atomic E-state index is 2.24. The van der Waals surface area contributed by atoms with Gasteiger partial charge in [-0.15, -0.1) is 0 Å². The lowest BCUT2D eigenvalue weighted by atomic mass is 10.1. The van der Waals surface area contributed by atoms with E-state index in [0.29, 0.717) is 5.92 Å². The Bertz CT molecular complexity index is 149. The molecule has 1 aliphatic carbocycles. The molecule has 0 N–H and O–H groups in total. The molecule has 0 saturated heterocycles. The van der Waals surface area contributed by atoms with Gasteiger partial charge < -0.3 is 0 Å². The van der Waals surface area contributed by atoms with Gasteiger partial charge in [0.2, 0.25) is 0 Å². The normalized spacial score (nSPS) is 22.7. The summed E-state index contributed by atoms with van der Waals surface area (Å²) in [7, 11) is 0. The third kappa shape index (κ3) is 2.02. The van der Waals surface area contributed by atoms with Gasteiger partial charge in [0, 0.05) is 0 Å². The lowest BCUT2D eigenvalue weighted by molar-refractivity contribution is 0.875. The van der Waals surface area contributed by atoms with Crippen molar-refractivity contribution in [1.82, 2.24) is 0 Å². The molecule has 0 saturated carbocycles. The molecule has 0 bridgehead atoms. The van der Waals surface area contributed by atoms with E-state index in [4.69, 9.17) is 0 Å². The smallest absolute Gasteiger partial charge is 0.00455 e. The molecule has 1 aliphatic rings. The number of hydrogen-bond donors (Lipinski definition) is 0. The van der Waals surface area contributed by atoms with Crippen LogP contribution in [0.15, 0.2) is 23.3 Å². The molecule has 0 fully saturated rings. The highest BCUT2D eigenvalue weighted by atomic mass is 14.1. The zero-order valence-electron chi connectivity index (χ0n) is 7.73. The van der Waals surface area contributed by atoms with Crippen molar-refractivity contribution in [3.05, 3.63) is 23.3 Å². The molecule has 0 amide bonds. The summed E-state index contributed by atoms with van der Waals surface area (Å²) in [5, 5.41) is 0. The van der Waals surface area contributed by atoms with Crippen LogP contribution in [0.2, 0.25) is 0 Å². The predicted octanol–water partition coefficient (Wildman–Crippen LogP) is 3.55. The Morgan fingerprint density at radius 1 is 1.20 bits per heavy atom. The maximum atomic E-state index is 2.24. The molecular weight excluding hydrogens is 120 g/mol. The van der Waals surface area contributed by atoms with Crippen molar-refractivity contribution in [1.29, 1.82) is 0 Å². The molecular formula is C10H18. The van der Waals surface area contributed by atoms with E-state index in [1.165, 1.54) is 11.1 Å². The standard InChI is InChI=1S/C8H12.C2H6/c1-6-4-5-7(2)8(6)3;1-2/h4-6H,1-3H3;1-2H3. The Labute approximate surface area is 64.6 Å². The second-order valence-electron chi connectivity index (χ2n) is 2.51. The van der Waals surface area contributed by atoms with E-state index in [2.05, 4.69) is 32.9 Å². The fraction of sp³-hybridized carbons (Fsp3) is 0.600. The second-order valence-corrected chi connectivity index (χ2v) is 2.51. The van der Waals surface area contributed by atoms with Crippen LogP contribution in [-0.2, 0) is 0 Å². The molecule has 0 nitrogen and oxygen atoms in total. The highest BCUT2D eigenvalue weighted by molar-refractivity contribution is 5.33. The Morgan fingerprint density at radius 2 is 1.70 bits per heavy atom. The van der Waals surface area contributed by atoms with E-state index in [0.717, 1.165) is 0 Å². The van der Waals surface area contributed by atoms with E-state index in [1.807, 2.05) is 13.8 Å². The van der Waals surface area contributed by atoms with Crippen LogP contribution in [0.5, 0.6) is 0 Å². The predicted molar refractivity (Wildman–Crippen MR) is 48.0 cm³/mol. The molecule has 0 spiro atoms. The molecule has 0 aromatic carbocycles. The molecule has 0 heterocycles. The van der Waals surface area contributed by atoms with E-state index >= 15 is 0 Å². The van der Waals surface area contributed by atoms with Gasteiger partial charge in [0.1, 0.15) is 0 Å². The van der Waals surface area contributed by atoms with E-state index < -0.39 is 0 Å². The fourth-order valence-corrected chi connectivity index (χ4v) is 0.924. The summed E-state index contributed by atoms with van der Waals surface area (Å²) in [6.07, 6.45) is 4.44. The van der Waals surface area contributed by atoms with Gasteiger partial charge in [0.05, 0.1) is 0 Å². The highest BCUT2D eigenvalue weighted by Gasteiger charge is 2.06. The van der Waals surface area contributed by atoms with Crippen LogP contribution in [0.25, 0.3) is 0 Å². The largest absolute Gasteiger partial charge is 0.0774 e. The molecule has 0 aliphatic heterocycles. The molecule has 10 heavy (non-hydrogen) atoms. The Hall–Kier alpha value is -0.520. The second kappa shape index (κ2) is 4.32. The molecule has 1 rings (SSSR count). The van der Waals surface area contributed by atoms with Crippen molar-refractivity contribution >= 4 is 0 Å². The van der Waals surface area contributed by atoms with Crippen molar-refractivity contribution < 1.29 is 0 Å². The first-order valence-corrected chi connectivity index (χ1v) is 4.07. The minimum Gasteiger partial charge on any atom is -0.0774 e. The van der Waals surface area contributed by atoms with Crippen molar-refractivity contribution in [2.24, 2.45) is 5.92 Å². The Kier molecular flexibility index (Phi) is 4.10. The summed E-state index contributed by atoms with van der Waals surface area (Å²) >= 11 is 0. The van der Waals surface area contributed by atoms with Crippen molar-refractivity contribution in [3.8, 4) is 0 Å². The molecule has 0 heteroatoms. The minimum absolute atomic E-state index is 0.690. The van der Waals surface area contributed by atoms with Crippen LogP contribution in [-0.4, -0.2) is 0 Å². The first-order chi connectivity index (χ1) is 4.72. The van der Waals surface area contributed by atoms with Crippen LogP contribution in [0.4, 0.5) is 0 Å². The van der Waals surface area contributed by atoms with E-state index in [-0.39, 0.29) is 0 Å². The molecule has 0 aromatic heterocycles. The summed E-state index contributed by atoms with van der Waals surface area (Å²) in [5.74, 6) is 0.690. The molecule has 1 unspecified atom stereocenters. The minimum atomic E-state index is 0.690. The fourth-order valence-electron chi connectivity index (χ4n) is 0.924. The number of hydrogen-bond acceptors (Lipinski definition) is 0. The summed E-state index contributed by atoms with van der Waals surface area (Å²) in [5.41, 5.74) is 2.96. The van der Waals surface area contributed by atoms with Gasteiger partial charge in [-0.1, -0.05) is 44.1 Å². The third-order valence-corrected chi connectivity index (χ3v) is 1.94. The van der Waals surface area contributed by atoms with Gasteiger partial charge in [0.25, 0.3) is 0 Å². The van der Waals surface area contributed by atoms with Crippen molar-refractivity contribution in [3.63, 3.8) is 0 Å².